The maximum Gasteiger partial charge on any atom is 0.260 e. The lowest BCUT2D eigenvalue weighted by Crippen LogP contribution is -2.41. The van der Waals surface area contributed by atoms with E-state index < -0.39 is 0 Å². The number of likely N-dealkylation sites (tertiary alicyclic amines) is 1. The van der Waals surface area contributed by atoms with Gasteiger partial charge in [-0.15, -0.1) is 21.5 Å². The highest BCUT2D eigenvalue weighted by Crippen LogP contribution is 2.30. The average Bonchev–Trinajstić information content (AvgIpc) is 3.39. The van der Waals surface area contributed by atoms with Gasteiger partial charge in [0, 0.05) is 18.1 Å². The summed E-state index contributed by atoms with van der Waals surface area (Å²) in [5, 5.41) is 10.9. The van der Waals surface area contributed by atoms with Crippen LogP contribution < -0.4 is 4.74 Å². The van der Waals surface area contributed by atoms with Crippen molar-refractivity contribution in [3.8, 4) is 16.5 Å². The topological polar surface area (TPSA) is 68.5 Å². The molecule has 2 aromatic heterocycles. The summed E-state index contributed by atoms with van der Waals surface area (Å²) in [7, 11) is 0. The van der Waals surface area contributed by atoms with Gasteiger partial charge in [-0.25, -0.2) is 0 Å². The van der Waals surface area contributed by atoms with Gasteiger partial charge in [-0.05, 0) is 48.6 Å². The van der Waals surface area contributed by atoms with E-state index in [0.717, 1.165) is 17.7 Å². The van der Waals surface area contributed by atoms with E-state index in [0.29, 0.717) is 35.6 Å². The number of rotatable bonds is 5. The van der Waals surface area contributed by atoms with Crippen molar-refractivity contribution >= 4 is 28.8 Å². The van der Waals surface area contributed by atoms with E-state index in [9.17, 15) is 4.79 Å². The van der Waals surface area contributed by atoms with Crippen molar-refractivity contribution in [1.82, 2.24) is 15.1 Å². The Bertz CT molecular complexity index is 895. The fourth-order valence-corrected chi connectivity index (χ4v) is 3.84. The van der Waals surface area contributed by atoms with Gasteiger partial charge in [0.25, 0.3) is 11.8 Å². The number of nitrogens with zero attached hydrogens (tertiary/aromatic N) is 3. The van der Waals surface area contributed by atoms with Gasteiger partial charge >= 0.3 is 0 Å². The van der Waals surface area contributed by atoms with Gasteiger partial charge in [0.2, 0.25) is 5.89 Å². The molecule has 0 spiro atoms. The molecule has 140 valence electrons. The quantitative estimate of drug-likeness (QED) is 0.637. The molecule has 1 aliphatic rings. The molecule has 27 heavy (non-hydrogen) atoms. The molecule has 1 amide bonds. The number of benzene rings is 1. The van der Waals surface area contributed by atoms with Crippen LogP contribution in [0.15, 0.2) is 46.2 Å². The molecule has 3 heterocycles. The first-order chi connectivity index (χ1) is 13.2. The molecule has 3 aromatic rings. The number of halogens is 1. The third kappa shape index (κ3) is 4.31. The smallest absolute Gasteiger partial charge is 0.260 e. The third-order valence-electron chi connectivity index (χ3n) is 4.47. The van der Waals surface area contributed by atoms with E-state index >= 15 is 0 Å². The van der Waals surface area contributed by atoms with E-state index in [1.165, 1.54) is 0 Å². The molecule has 1 atom stereocenters. The minimum absolute atomic E-state index is 0.00136. The number of carbonyl (C=O) groups excluding carboxylic acids is 1. The van der Waals surface area contributed by atoms with Crippen molar-refractivity contribution in [2.24, 2.45) is 0 Å². The molecular weight excluding hydrogens is 386 g/mol. The van der Waals surface area contributed by atoms with Crippen LogP contribution in [0, 0.1) is 0 Å². The highest BCUT2D eigenvalue weighted by atomic mass is 35.5. The molecule has 1 unspecified atom stereocenters. The van der Waals surface area contributed by atoms with Gasteiger partial charge < -0.3 is 14.1 Å². The van der Waals surface area contributed by atoms with Crippen molar-refractivity contribution < 1.29 is 13.9 Å². The highest BCUT2D eigenvalue weighted by molar-refractivity contribution is 7.13. The summed E-state index contributed by atoms with van der Waals surface area (Å²) in [5.74, 6) is 1.76. The van der Waals surface area contributed by atoms with Crippen molar-refractivity contribution in [3.63, 3.8) is 0 Å². The molecule has 4 rings (SSSR count). The van der Waals surface area contributed by atoms with Crippen molar-refractivity contribution in [2.45, 2.75) is 18.8 Å². The lowest BCUT2D eigenvalue weighted by molar-refractivity contribution is -0.134. The first-order valence-corrected chi connectivity index (χ1v) is 9.98. The number of amides is 1. The first kappa shape index (κ1) is 18.0. The second-order valence-corrected chi connectivity index (χ2v) is 7.73. The monoisotopic (exact) mass is 403 g/mol. The van der Waals surface area contributed by atoms with E-state index in [4.69, 9.17) is 20.8 Å². The molecule has 1 aliphatic heterocycles. The van der Waals surface area contributed by atoms with Crippen molar-refractivity contribution in [2.75, 3.05) is 19.7 Å². The van der Waals surface area contributed by atoms with E-state index in [1.54, 1.807) is 40.5 Å². The molecule has 0 radical (unpaired) electrons. The van der Waals surface area contributed by atoms with Crippen molar-refractivity contribution in [1.29, 1.82) is 0 Å². The zero-order valence-electron chi connectivity index (χ0n) is 14.5. The van der Waals surface area contributed by atoms with Crippen LogP contribution in [0.5, 0.6) is 5.75 Å². The summed E-state index contributed by atoms with van der Waals surface area (Å²) in [6.07, 6.45) is 1.82. The maximum absolute atomic E-state index is 12.5. The Labute approximate surface area is 165 Å². The molecule has 1 fully saturated rings. The Hall–Kier alpha value is -2.38. The van der Waals surface area contributed by atoms with Crippen LogP contribution in [0.2, 0.25) is 5.02 Å². The maximum atomic E-state index is 12.5. The standard InChI is InChI=1S/C19H18ClN3O3S/c20-14-5-7-15(8-6-14)25-12-17(24)23-9-1-3-13(11-23)18-21-22-19(26-18)16-4-2-10-27-16/h2,4-8,10,13H,1,3,9,11-12H2. The van der Waals surface area contributed by atoms with Gasteiger partial charge in [-0.3, -0.25) is 4.79 Å². The Balaban J connectivity index is 1.36. The van der Waals surface area contributed by atoms with E-state index in [2.05, 4.69) is 10.2 Å². The van der Waals surface area contributed by atoms with Gasteiger partial charge in [-0.1, -0.05) is 17.7 Å². The molecule has 8 heteroatoms. The van der Waals surface area contributed by atoms with Crippen LogP contribution in [-0.4, -0.2) is 40.7 Å². The normalized spacial score (nSPS) is 17.1. The summed E-state index contributed by atoms with van der Waals surface area (Å²) >= 11 is 7.42. The Kier molecular flexibility index (Phi) is 5.40. The number of thiophene rings is 1. The van der Waals surface area contributed by atoms with Gasteiger partial charge in [0.15, 0.2) is 6.61 Å². The van der Waals surface area contributed by atoms with Gasteiger partial charge in [0.05, 0.1) is 10.8 Å². The summed E-state index contributed by atoms with van der Waals surface area (Å²) in [5.41, 5.74) is 0. The summed E-state index contributed by atoms with van der Waals surface area (Å²) in [6, 6.07) is 10.9. The van der Waals surface area contributed by atoms with Gasteiger partial charge in [-0.2, -0.15) is 0 Å². The predicted octanol–water partition coefficient (Wildman–Crippen LogP) is 4.24. The number of piperidine rings is 1. The predicted molar refractivity (Wildman–Crippen MR) is 103 cm³/mol. The Morgan fingerprint density at radius 3 is 2.93 bits per heavy atom. The fourth-order valence-electron chi connectivity index (χ4n) is 3.07. The second kappa shape index (κ2) is 8.10. The van der Waals surface area contributed by atoms with Crippen LogP contribution >= 0.6 is 22.9 Å². The average molecular weight is 404 g/mol. The second-order valence-electron chi connectivity index (χ2n) is 6.34. The molecule has 1 aromatic carbocycles. The molecule has 6 nitrogen and oxygen atoms in total. The molecule has 0 saturated carbocycles. The molecule has 1 saturated heterocycles. The van der Waals surface area contributed by atoms with E-state index in [1.807, 2.05) is 17.5 Å². The number of hydrogen-bond donors (Lipinski definition) is 0. The van der Waals surface area contributed by atoms with Crippen LogP contribution in [-0.2, 0) is 4.79 Å². The zero-order valence-corrected chi connectivity index (χ0v) is 16.1. The zero-order chi connectivity index (χ0) is 18.6. The minimum Gasteiger partial charge on any atom is -0.484 e. The number of ether oxygens (including phenoxy) is 1. The number of hydrogen-bond acceptors (Lipinski definition) is 6. The van der Waals surface area contributed by atoms with Crippen LogP contribution in [0.1, 0.15) is 24.7 Å². The van der Waals surface area contributed by atoms with Crippen LogP contribution in [0.25, 0.3) is 10.8 Å². The molecule has 0 bridgehead atoms. The fraction of sp³-hybridized carbons (Fsp3) is 0.316. The molecule has 0 aliphatic carbocycles. The summed E-state index contributed by atoms with van der Waals surface area (Å²) in [6.45, 7) is 1.28. The third-order valence-corrected chi connectivity index (χ3v) is 5.58. The highest BCUT2D eigenvalue weighted by Gasteiger charge is 2.28. The SMILES string of the molecule is O=C(COc1ccc(Cl)cc1)N1CCCC(c2nnc(-c3cccs3)o2)C1. The lowest BCUT2D eigenvalue weighted by Gasteiger charge is -2.31. The summed E-state index contributed by atoms with van der Waals surface area (Å²) in [4.78, 5) is 15.3. The van der Waals surface area contributed by atoms with E-state index in [-0.39, 0.29) is 18.4 Å². The van der Waals surface area contributed by atoms with Gasteiger partial charge in [0.1, 0.15) is 5.75 Å². The Morgan fingerprint density at radius 2 is 2.15 bits per heavy atom. The molecular formula is C19H18ClN3O3S. The number of aromatic nitrogens is 2. The van der Waals surface area contributed by atoms with Crippen LogP contribution in [0.4, 0.5) is 0 Å². The van der Waals surface area contributed by atoms with Crippen LogP contribution in [0.3, 0.4) is 0 Å². The van der Waals surface area contributed by atoms with Crippen molar-refractivity contribution in [3.05, 3.63) is 52.7 Å². The molecule has 0 N–H and O–H groups in total. The summed E-state index contributed by atoms with van der Waals surface area (Å²) < 4.78 is 11.4. The minimum atomic E-state index is -0.0485. The largest absolute Gasteiger partial charge is 0.484 e. The first-order valence-electron chi connectivity index (χ1n) is 8.72. The Morgan fingerprint density at radius 1 is 1.30 bits per heavy atom. The number of carbonyl (C=O) groups is 1. The lowest BCUT2D eigenvalue weighted by atomic mass is 9.98.